The fourth-order valence-electron chi connectivity index (χ4n) is 2.34. The van der Waals surface area contributed by atoms with E-state index in [1.54, 1.807) is 24.5 Å². The Labute approximate surface area is 120 Å². The van der Waals surface area contributed by atoms with Gasteiger partial charge in [0, 0.05) is 30.2 Å². The minimum absolute atomic E-state index is 0.0373. The van der Waals surface area contributed by atoms with Gasteiger partial charge in [0.05, 0.1) is 5.92 Å². The van der Waals surface area contributed by atoms with E-state index in [0.717, 1.165) is 0 Å². The van der Waals surface area contributed by atoms with Crippen molar-refractivity contribution in [1.29, 1.82) is 0 Å². The van der Waals surface area contributed by atoms with Crippen LogP contribution in [0.15, 0.2) is 42.7 Å². The molecule has 2 amide bonds. The molecule has 0 spiro atoms. The van der Waals surface area contributed by atoms with Crippen molar-refractivity contribution in [3.63, 3.8) is 0 Å². The van der Waals surface area contributed by atoms with Crippen molar-refractivity contribution in [3.8, 4) is 0 Å². The monoisotopic (exact) mass is 285 g/mol. The number of carbonyl (C=O) groups excluding carboxylic acids is 2. The summed E-state index contributed by atoms with van der Waals surface area (Å²) in [5.41, 5.74) is 1.56. The summed E-state index contributed by atoms with van der Waals surface area (Å²) in [5, 5.41) is 5.32. The van der Waals surface area contributed by atoms with Crippen molar-refractivity contribution in [1.82, 2.24) is 4.98 Å². The molecule has 1 aromatic heterocycles. The van der Waals surface area contributed by atoms with E-state index in [2.05, 4.69) is 15.6 Å². The van der Waals surface area contributed by atoms with Gasteiger partial charge < -0.3 is 10.6 Å². The summed E-state index contributed by atoms with van der Waals surface area (Å²) in [6, 6.07) is 7.35. The zero-order valence-corrected chi connectivity index (χ0v) is 11.0. The van der Waals surface area contributed by atoms with Crippen LogP contribution in [0.2, 0.25) is 0 Å². The van der Waals surface area contributed by atoms with Crippen molar-refractivity contribution in [2.75, 3.05) is 10.6 Å². The third-order valence-electron chi connectivity index (χ3n) is 3.32. The van der Waals surface area contributed by atoms with E-state index in [9.17, 15) is 14.0 Å². The zero-order chi connectivity index (χ0) is 14.8. The van der Waals surface area contributed by atoms with E-state index in [1.807, 2.05) is 0 Å². The van der Waals surface area contributed by atoms with Crippen LogP contribution in [-0.4, -0.2) is 16.8 Å². The van der Waals surface area contributed by atoms with Crippen LogP contribution in [0.25, 0.3) is 0 Å². The first kappa shape index (κ1) is 13.2. The van der Waals surface area contributed by atoms with Gasteiger partial charge in [0.1, 0.15) is 5.82 Å². The molecular weight excluding hydrogens is 273 g/mol. The molecule has 5 nitrogen and oxygen atoms in total. The first-order chi connectivity index (χ1) is 10.1. The lowest BCUT2D eigenvalue weighted by Crippen LogP contribution is -2.30. The lowest BCUT2D eigenvalue weighted by Gasteiger charge is -2.24. The first-order valence-corrected chi connectivity index (χ1v) is 6.43. The van der Waals surface area contributed by atoms with Crippen LogP contribution in [-0.2, 0) is 9.59 Å². The lowest BCUT2D eigenvalue weighted by molar-refractivity contribution is -0.123. The Hall–Kier alpha value is -2.76. The smallest absolute Gasteiger partial charge is 0.232 e. The van der Waals surface area contributed by atoms with E-state index >= 15 is 0 Å². The minimum Gasteiger partial charge on any atom is -0.326 e. The normalized spacial score (nSPS) is 16.8. The number of amides is 2. The maximum Gasteiger partial charge on any atom is 0.232 e. The molecule has 1 atom stereocenters. The van der Waals surface area contributed by atoms with Crippen molar-refractivity contribution >= 4 is 23.2 Å². The highest BCUT2D eigenvalue weighted by molar-refractivity contribution is 6.05. The Balaban J connectivity index is 1.89. The third kappa shape index (κ3) is 2.74. The molecule has 2 aromatic rings. The molecule has 2 N–H and O–H groups in total. The van der Waals surface area contributed by atoms with Crippen LogP contribution in [0.1, 0.15) is 17.9 Å². The largest absolute Gasteiger partial charge is 0.326 e. The number of rotatable bonds is 2. The number of hydrogen-bond donors (Lipinski definition) is 2. The van der Waals surface area contributed by atoms with Gasteiger partial charge in [0.15, 0.2) is 0 Å². The fourth-order valence-corrected chi connectivity index (χ4v) is 2.34. The molecule has 3 rings (SSSR count). The number of benzene rings is 1. The Morgan fingerprint density at radius 3 is 2.81 bits per heavy atom. The number of aromatic nitrogens is 1. The van der Waals surface area contributed by atoms with Gasteiger partial charge in [-0.1, -0.05) is 6.07 Å². The molecule has 1 aliphatic heterocycles. The van der Waals surface area contributed by atoms with Crippen LogP contribution in [0.5, 0.6) is 0 Å². The Morgan fingerprint density at radius 1 is 1.29 bits per heavy atom. The lowest BCUT2D eigenvalue weighted by atomic mass is 9.89. The second-order valence-corrected chi connectivity index (χ2v) is 4.76. The van der Waals surface area contributed by atoms with Gasteiger partial charge in [-0.2, -0.15) is 0 Å². The highest BCUT2D eigenvalue weighted by atomic mass is 19.1. The molecule has 0 saturated carbocycles. The summed E-state index contributed by atoms with van der Waals surface area (Å²) in [6.45, 7) is 0. The Morgan fingerprint density at radius 2 is 2.05 bits per heavy atom. The quantitative estimate of drug-likeness (QED) is 0.889. The van der Waals surface area contributed by atoms with E-state index < -0.39 is 11.7 Å². The van der Waals surface area contributed by atoms with E-state index in [0.29, 0.717) is 16.9 Å². The van der Waals surface area contributed by atoms with E-state index in [-0.39, 0.29) is 18.2 Å². The number of fused-ring (bicyclic) bond motifs is 1. The highest BCUT2D eigenvalue weighted by Gasteiger charge is 2.30. The molecule has 0 radical (unpaired) electrons. The molecular formula is C15H12FN3O2. The number of hydrogen-bond acceptors (Lipinski definition) is 3. The van der Waals surface area contributed by atoms with Crippen molar-refractivity contribution in [3.05, 3.63) is 54.1 Å². The van der Waals surface area contributed by atoms with Crippen LogP contribution >= 0.6 is 0 Å². The van der Waals surface area contributed by atoms with Gasteiger partial charge >= 0.3 is 0 Å². The topological polar surface area (TPSA) is 71.1 Å². The molecule has 0 saturated heterocycles. The van der Waals surface area contributed by atoms with Gasteiger partial charge in [0.25, 0.3) is 0 Å². The average molecular weight is 285 g/mol. The summed E-state index contributed by atoms with van der Waals surface area (Å²) in [4.78, 5) is 27.9. The fraction of sp³-hybridized carbons (Fsp3) is 0.133. The van der Waals surface area contributed by atoms with Crippen molar-refractivity contribution in [2.45, 2.75) is 12.3 Å². The van der Waals surface area contributed by atoms with Gasteiger partial charge in [-0.05, 0) is 29.8 Å². The summed E-state index contributed by atoms with van der Waals surface area (Å²) in [5.74, 6) is -1.70. The highest BCUT2D eigenvalue weighted by Crippen LogP contribution is 2.33. The predicted molar refractivity (Wildman–Crippen MR) is 75.3 cm³/mol. The van der Waals surface area contributed by atoms with Crippen molar-refractivity contribution in [2.24, 2.45) is 0 Å². The molecule has 0 bridgehead atoms. The maximum atomic E-state index is 13.2. The van der Waals surface area contributed by atoms with E-state index in [4.69, 9.17) is 0 Å². The second kappa shape index (κ2) is 5.32. The van der Waals surface area contributed by atoms with Crippen molar-refractivity contribution < 1.29 is 14.0 Å². The molecule has 6 heteroatoms. The number of carbonyl (C=O) groups is 2. The molecule has 2 heterocycles. The molecule has 106 valence electrons. The molecule has 21 heavy (non-hydrogen) atoms. The Bertz CT molecular complexity index is 703. The van der Waals surface area contributed by atoms with Crippen LogP contribution in [0, 0.1) is 5.82 Å². The maximum absolute atomic E-state index is 13.2. The summed E-state index contributed by atoms with van der Waals surface area (Å²) in [6.07, 6.45) is 3.16. The third-order valence-corrected chi connectivity index (χ3v) is 3.32. The summed E-state index contributed by atoms with van der Waals surface area (Å²) >= 11 is 0. The van der Waals surface area contributed by atoms with Crippen LogP contribution in [0.3, 0.4) is 0 Å². The summed E-state index contributed by atoms with van der Waals surface area (Å²) in [7, 11) is 0. The predicted octanol–water partition coefficient (Wildman–Crippen LogP) is 2.29. The molecule has 1 aliphatic rings. The number of nitrogens with one attached hydrogen (secondary N) is 2. The van der Waals surface area contributed by atoms with Gasteiger partial charge in [-0.25, -0.2) is 4.39 Å². The average Bonchev–Trinajstić information content (AvgIpc) is 2.47. The molecule has 0 aliphatic carbocycles. The number of anilines is 2. The molecule has 0 unspecified atom stereocenters. The summed E-state index contributed by atoms with van der Waals surface area (Å²) < 4.78 is 13.2. The standard InChI is InChI=1S/C15H12FN3O2/c16-9-1-2-11-12(8-14(20)19-13(11)7-9)15(21)18-10-3-5-17-6-4-10/h1-7,12H,8H2,(H,19,20)(H,17,18,21)/t12-/m1/s1. The van der Waals surface area contributed by atoms with Gasteiger partial charge in [-0.15, -0.1) is 0 Å². The van der Waals surface area contributed by atoms with Crippen LogP contribution in [0.4, 0.5) is 15.8 Å². The molecule has 0 fully saturated rings. The van der Waals surface area contributed by atoms with Gasteiger partial charge in [-0.3, -0.25) is 14.6 Å². The van der Waals surface area contributed by atoms with Gasteiger partial charge in [0.2, 0.25) is 11.8 Å². The number of halogens is 1. The number of pyridine rings is 1. The van der Waals surface area contributed by atoms with Crippen LogP contribution < -0.4 is 10.6 Å². The van der Waals surface area contributed by atoms with E-state index in [1.165, 1.54) is 18.2 Å². The zero-order valence-electron chi connectivity index (χ0n) is 11.0. The Kier molecular flexibility index (Phi) is 3.35. The number of nitrogens with zero attached hydrogens (tertiary/aromatic N) is 1. The SMILES string of the molecule is O=C1C[C@@H](C(=O)Nc2ccncc2)c2ccc(F)cc2N1. The second-order valence-electron chi connectivity index (χ2n) is 4.76. The minimum atomic E-state index is -0.637. The molecule has 1 aromatic carbocycles. The first-order valence-electron chi connectivity index (χ1n) is 6.43.